The maximum absolute atomic E-state index is 13.3. The third-order valence-electron chi connectivity index (χ3n) is 30.7. The number of fused-ring (bicyclic) bond motifs is 13. The maximum atomic E-state index is 13.3. The van der Waals surface area contributed by atoms with Gasteiger partial charge in [0, 0.05) is 109 Å². The number of esters is 16. The summed E-state index contributed by atoms with van der Waals surface area (Å²) in [4.78, 5) is 182. The van der Waals surface area contributed by atoms with Gasteiger partial charge in [-0.1, -0.05) is 13.8 Å². The fourth-order valence-corrected chi connectivity index (χ4v) is 22.4. The van der Waals surface area contributed by atoms with Crippen molar-refractivity contribution in [2.75, 3.05) is 0 Å². The van der Waals surface area contributed by atoms with E-state index in [-0.39, 0.29) is 137 Å². The van der Waals surface area contributed by atoms with Crippen LogP contribution < -0.4 is 0 Å². The van der Waals surface area contributed by atoms with Crippen molar-refractivity contribution in [1.29, 1.82) is 0 Å². The third kappa shape index (κ3) is 22.3. The minimum Gasteiger partial charge on any atom is -0.458 e. The van der Waals surface area contributed by atoms with Crippen LogP contribution in [0.1, 0.15) is 239 Å². The lowest BCUT2D eigenvalue weighted by Gasteiger charge is -2.44. The standard InChI is InChI=1S/C12H15F3O4.2C12H14F2O4.C12H16F2O4.C11H12F2O4.2C11H14F2O4.C11H15FO4/c1-11(2,12(13,14)15)10(17)19-7-4-3-6-5-8(7)18-9(6)16;1-11-3-5-6(4-11)9(15)17-7(5)8(11)18-10(16)12(2,13)14;1-11-7-4-5(3-6(7)9(15)18-11)8(11)17-10(16)12(2,13)14;1-10(18-9(16)12(3,13)14)5-4-7-6-11(10,2)17-8(7)15;1-11(12,13)10(15)17-7-4-2-5-6(3-4)9(14)16-8(5)7;1-5-3-6-4-7(16-9(6)14)8(5)17-10(15)11(2,12)13;1-10(17-9(15)11(2,12)13)4-3-6-5-7(10)16-8(6)14;1-11(2,12)10(14)16-7-4-3-6-5-8(7)15-9(6)13/h6-8H,3-5H2,1-2H3;2*5-8H,3-4H2,1-2H3;7H,4-6H2,1-3H3;4-8H,2-3H2,1H3;5-8H,3-4H2,1-2H3;6-7H,3-5H2,1-2H3;6-8H,3-5H2,1-2H3. The van der Waals surface area contributed by atoms with Gasteiger partial charge in [0.15, 0.2) is 5.41 Å². The minimum absolute atomic E-state index is 0.00159. The Bertz CT molecular complexity index is 4790. The molecule has 16 bridgehead atoms. The molecule has 48 heteroatoms. The maximum Gasteiger partial charge on any atom is 0.404 e. The van der Waals surface area contributed by atoms with Crippen LogP contribution in [-0.2, 0) is 153 Å². The van der Waals surface area contributed by atoms with Gasteiger partial charge in [0.25, 0.3) is 0 Å². The Morgan fingerprint density at radius 2 is 0.793 bits per heavy atom. The lowest BCUT2D eigenvalue weighted by atomic mass is 9.71. The second kappa shape index (κ2) is 38.2. The van der Waals surface area contributed by atoms with Crippen LogP contribution in [0.5, 0.6) is 0 Å². The van der Waals surface area contributed by atoms with Crippen LogP contribution in [0.2, 0.25) is 0 Å². The summed E-state index contributed by atoms with van der Waals surface area (Å²) in [7, 11) is 0. The molecule has 140 heavy (non-hydrogen) atoms. The molecule has 19 fully saturated rings. The molecule has 8 aliphatic heterocycles. The van der Waals surface area contributed by atoms with Gasteiger partial charge in [0.05, 0.1) is 47.3 Å². The van der Waals surface area contributed by atoms with E-state index in [1.54, 1.807) is 27.7 Å². The van der Waals surface area contributed by atoms with Gasteiger partial charge >= 0.3 is 137 Å². The summed E-state index contributed by atoms with van der Waals surface area (Å²) in [5.74, 6) is -36.3. The number of alkyl halides is 16. The molecule has 11 aliphatic carbocycles. The van der Waals surface area contributed by atoms with E-state index in [4.69, 9.17) is 75.8 Å². The van der Waals surface area contributed by atoms with Crippen molar-refractivity contribution in [1.82, 2.24) is 0 Å². The highest BCUT2D eigenvalue weighted by molar-refractivity contribution is 5.85. The van der Waals surface area contributed by atoms with Crippen molar-refractivity contribution in [3.8, 4) is 0 Å². The van der Waals surface area contributed by atoms with E-state index in [0.29, 0.717) is 164 Å². The molecule has 0 amide bonds. The average molecular weight is 2040 g/mol. The zero-order valence-corrected chi connectivity index (χ0v) is 79.3. The first-order valence-corrected chi connectivity index (χ1v) is 46.4. The molecule has 0 aromatic rings. The summed E-state index contributed by atoms with van der Waals surface area (Å²) < 4.78 is 285. The number of hydrogen-bond acceptors (Lipinski definition) is 32. The summed E-state index contributed by atoms with van der Waals surface area (Å²) in [6.07, 6.45) is -1.52. The number of hydrogen-bond donors (Lipinski definition) is 0. The van der Waals surface area contributed by atoms with Gasteiger partial charge in [-0.25, -0.2) is 38.0 Å². The molecule has 0 N–H and O–H groups in total. The molecule has 31 unspecified atom stereocenters. The van der Waals surface area contributed by atoms with Crippen molar-refractivity contribution < 1.29 is 223 Å². The Hall–Kier alpha value is -9.60. The Labute approximate surface area is 791 Å². The Balaban J connectivity index is 0.000000143. The van der Waals surface area contributed by atoms with E-state index in [2.05, 4.69) is 0 Å². The Morgan fingerprint density at radius 3 is 1.32 bits per heavy atom. The molecule has 0 radical (unpaired) electrons. The second-order valence-corrected chi connectivity index (χ2v) is 42.8. The first kappa shape index (κ1) is 109. The number of carbonyl (C=O) groups excluding carboxylic acids is 16. The van der Waals surface area contributed by atoms with Crippen LogP contribution in [0, 0.1) is 93.7 Å². The normalized spacial score (nSPS) is 38.8. The van der Waals surface area contributed by atoms with Gasteiger partial charge in [-0.05, 0) is 158 Å². The van der Waals surface area contributed by atoms with Gasteiger partial charge in [-0.15, -0.1) is 0 Å². The van der Waals surface area contributed by atoms with E-state index in [1.807, 2.05) is 6.92 Å². The number of carbonyl (C=O) groups is 16. The first-order valence-electron chi connectivity index (χ1n) is 46.4. The van der Waals surface area contributed by atoms with Crippen LogP contribution in [0.4, 0.5) is 70.2 Å². The zero-order valence-electron chi connectivity index (χ0n) is 79.3. The van der Waals surface area contributed by atoms with Crippen LogP contribution in [0.3, 0.4) is 0 Å². The third-order valence-corrected chi connectivity index (χ3v) is 30.7. The SMILES string of the molecule is CC(C)(C(=O)OC1CCC2CC1OC2=O)C(F)(F)F.CC(C)(F)C(=O)OC1CCC2CC1OC2=O.CC(F)(F)C(=O)OC1(C)CCC2CC1(C)OC2=O.CC(F)(F)C(=O)OC1(C)CCC2CC1OC2=O.CC(F)(F)C(=O)OC1C2CC3C(=O)OC1(C)C3C2.CC(F)(F)C(=O)OC1C2CC3C(=O)OC1C3C2.CC(F)(F)C(=O)OC1C2OC(=O)C3CC1(C)CC32.CC1CC2CC(OC2=O)C1OC(=O)C(C)(F)F. The molecule has 11 saturated carbocycles. The second-order valence-electron chi connectivity index (χ2n) is 42.8. The summed E-state index contributed by atoms with van der Waals surface area (Å²) >= 11 is 0. The van der Waals surface area contributed by atoms with E-state index >= 15 is 0 Å². The highest BCUT2D eigenvalue weighted by Crippen LogP contribution is 2.64. The predicted molar refractivity (Wildman–Crippen MR) is 430 cm³/mol. The lowest BCUT2D eigenvalue weighted by molar-refractivity contribution is -0.230. The van der Waals surface area contributed by atoms with E-state index in [0.717, 1.165) is 34.1 Å². The molecule has 32 nitrogen and oxygen atoms in total. The molecular formula is C92H114F16O32. The van der Waals surface area contributed by atoms with E-state index in [1.165, 1.54) is 6.92 Å². The van der Waals surface area contributed by atoms with Crippen LogP contribution in [0.25, 0.3) is 0 Å². The Morgan fingerprint density at radius 1 is 0.343 bits per heavy atom. The minimum atomic E-state index is -4.67. The van der Waals surface area contributed by atoms with Gasteiger partial charge in [-0.3, -0.25) is 43.2 Å². The summed E-state index contributed by atoms with van der Waals surface area (Å²) in [5.41, 5.74) is -9.20. The monoisotopic (exact) mass is 2030 g/mol. The van der Waals surface area contributed by atoms with Crippen molar-refractivity contribution in [2.24, 2.45) is 93.7 Å². The number of halogens is 16. The average Bonchev–Trinajstić information content (AvgIpc) is 1.54. The molecule has 786 valence electrons. The molecule has 19 aliphatic rings. The summed E-state index contributed by atoms with van der Waals surface area (Å²) in [6.45, 7) is 16.9. The molecule has 19 rings (SSSR count). The molecule has 0 aromatic heterocycles. The largest absolute Gasteiger partial charge is 0.458 e. The highest BCUT2D eigenvalue weighted by atomic mass is 19.4. The smallest absolute Gasteiger partial charge is 0.404 e. The zero-order chi connectivity index (χ0) is 105. The predicted octanol–water partition coefficient (Wildman–Crippen LogP) is 13.0. The van der Waals surface area contributed by atoms with Gasteiger partial charge in [0.1, 0.15) is 95.7 Å². The van der Waals surface area contributed by atoms with Crippen LogP contribution in [-0.4, -0.2) is 239 Å². The number of ether oxygens (including phenoxy) is 16. The molecule has 0 aromatic carbocycles. The first-order chi connectivity index (χ1) is 63.9. The van der Waals surface area contributed by atoms with Crippen molar-refractivity contribution in [3.63, 3.8) is 0 Å². The van der Waals surface area contributed by atoms with Gasteiger partial charge in [0.2, 0.25) is 5.67 Å². The van der Waals surface area contributed by atoms with Gasteiger partial charge in [-0.2, -0.15) is 65.9 Å². The number of rotatable bonds is 16. The van der Waals surface area contributed by atoms with E-state index in [9.17, 15) is 147 Å². The van der Waals surface area contributed by atoms with Crippen molar-refractivity contribution in [2.45, 2.75) is 382 Å². The summed E-state index contributed by atoms with van der Waals surface area (Å²) in [6, 6.07) is 0. The van der Waals surface area contributed by atoms with Crippen molar-refractivity contribution in [3.05, 3.63) is 0 Å². The van der Waals surface area contributed by atoms with Crippen molar-refractivity contribution >= 4 is 95.5 Å². The fraction of sp³-hybridized carbons (Fsp3) is 0.826. The van der Waals surface area contributed by atoms with E-state index < -0.39 is 196 Å². The topological polar surface area (TPSA) is 421 Å². The van der Waals surface area contributed by atoms with Crippen LogP contribution in [0.15, 0.2) is 0 Å². The van der Waals surface area contributed by atoms with Crippen LogP contribution >= 0.6 is 0 Å². The molecular weight excluding hydrogens is 1920 g/mol. The summed E-state index contributed by atoms with van der Waals surface area (Å²) in [5, 5.41) is 0. The van der Waals surface area contributed by atoms with Gasteiger partial charge < -0.3 is 75.8 Å². The molecule has 0 spiro atoms. The molecule has 31 atom stereocenters. The molecule has 8 heterocycles. The Kier molecular flexibility index (Phi) is 29.8. The highest BCUT2D eigenvalue weighted by Gasteiger charge is 2.73. The fourth-order valence-electron chi connectivity index (χ4n) is 22.4. The quantitative estimate of drug-likeness (QED) is 0.0786. The lowest BCUT2D eigenvalue weighted by Crippen LogP contribution is -2.55. The molecule has 8 saturated heterocycles.